The Hall–Kier alpha value is -1.31. The molecule has 0 N–H and O–H groups in total. The van der Waals surface area contributed by atoms with Crippen molar-refractivity contribution in [3.63, 3.8) is 0 Å². The molecule has 2 heteroatoms. The molecule has 0 saturated carbocycles. The second kappa shape index (κ2) is 7.04. The minimum absolute atomic E-state index is 0.491. The topological polar surface area (TPSA) is 21.6 Å². The normalized spacial score (nSPS) is 13.6. The fraction of sp³-hybridized carbons (Fsp3) is 0.500. The van der Waals surface area contributed by atoms with Gasteiger partial charge in [0.15, 0.2) is 0 Å². The smallest absolute Gasteiger partial charge is 0.106 e. The van der Waals surface area contributed by atoms with Crippen LogP contribution in [0.4, 0.5) is 0 Å². The van der Waals surface area contributed by atoms with E-state index in [-0.39, 0.29) is 0 Å². The van der Waals surface area contributed by atoms with E-state index in [2.05, 4.69) is 43.3 Å². The van der Waals surface area contributed by atoms with Gasteiger partial charge in [0.2, 0.25) is 0 Å². The van der Waals surface area contributed by atoms with Crippen LogP contribution in [0.3, 0.4) is 0 Å². The van der Waals surface area contributed by atoms with Gasteiger partial charge in [0.25, 0.3) is 0 Å². The van der Waals surface area contributed by atoms with Gasteiger partial charge in [0, 0.05) is 6.42 Å². The highest BCUT2D eigenvalue weighted by Gasteiger charge is 2.11. The fourth-order valence-electron chi connectivity index (χ4n) is 1.82. The van der Waals surface area contributed by atoms with Crippen LogP contribution in [0.2, 0.25) is 0 Å². The predicted molar refractivity (Wildman–Crippen MR) is 68.7 cm³/mol. The van der Waals surface area contributed by atoms with Crippen LogP contribution < -0.4 is 0 Å². The highest BCUT2D eigenvalue weighted by atomic mass is 16.6. The van der Waals surface area contributed by atoms with E-state index in [0.29, 0.717) is 5.92 Å². The Labute approximate surface area is 98.3 Å². The molecule has 0 radical (unpaired) electrons. The summed E-state index contributed by atoms with van der Waals surface area (Å²) in [5.74, 6) is 0.491. The molecule has 0 bridgehead atoms. The van der Waals surface area contributed by atoms with Gasteiger partial charge in [-0.05, 0) is 17.9 Å². The average molecular weight is 219 g/mol. The van der Waals surface area contributed by atoms with Crippen LogP contribution in [0.5, 0.6) is 0 Å². The van der Waals surface area contributed by atoms with E-state index in [4.69, 9.17) is 4.84 Å². The summed E-state index contributed by atoms with van der Waals surface area (Å²) in [5, 5.41) is 4.15. The summed E-state index contributed by atoms with van der Waals surface area (Å²) in [5.41, 5.74) is 2.43. The number of hydrogen-bond donors (Lipinski definition) is 0. The molecule has 88 valence electrons. The van der Waals surface area contributed by atoms with Crippen LogP contribution >= 0.6 is 0 Å². The van der Waals surface area contributed by atoms with Crippen molar-refractivity contribution in [2.75, 3.05) is 7.11 Å². The Morgan fingerprint density at radius 3 is 2.56 bits per heavy atom. The monoisotopic (exact) mass is 219 g/mol. The molecule has 0 spiro atoms. The van der Waals surface area contributed by atoms with E-state index >= 15 is 0 Å². The lowest BCUT2D eigenvalue weighted by Gasteiger charge is -2.13. The molecule has 1 unspecified atom stereocenters. The predicted octanol–water partition coefficient (Wildman–Crippen LogP) is 3.67. The first kappa shape index (κ1) is 12.8. The SMILES string of the molecule is CCCC(C)/C(Cc1ccccc1)=N\OC. The van der Waals surface area contributed by atoms with Crippen molar-refractivity contribution >= 4 is 5.71 Å². The molecule has 1 atom stereocenters. The Bertz CT molecular complexity index is 319. The molecule has 0 fully saturated rings. The van der Waals surface area contributed by atoms with Crippen molar-refractivity contribution in [1.82, 2.24) is 0 Å². The summed E-state index contributed by atoms with van der Waals surface area (Å²) in [6.45, 7) is 4.41. The number of oxime groups is 1. The van der Waals surface area contributed by atoms with E-state index in [1.54, 1.807) is 7.11 Å². The molecule has 16 heavy (non-hydrogen) atoms. The van der Waals surface area contributed by atoms with Crippen molar-refractivity contribution in [3.05, 3.63) is 35.9 Å². The first-order chi connectivity index (χ1) is 7.77. The standard InChI is InChI=1S/C14H21NO/c1-4-8-12(2)14(15-16-3)11-13-9-6-5-7-10-13/h5-7,9-10,12H,4,8,11H2,1-3H3/b15-14-. The zero-order valence-corrected chi connectivity index (χ0v) is 10.4. The molecular weight excluding hydrogens is 198 g/mol. The van der Waals surface area contributed by atoms with Gasteiger partial charge in [-0.3, -0.25) is 0 Å². The van der Waals surface area contributed by atoms with E-state index < -0.39 is 0 Å². The van der Waals surface area contributed by atoms with E-state index in [9.17, 15) is 0 Å². The van der Waals surface area contributed by atoms with E-state index in [1.807, 2.05) is 6.07 Å². The zero-order chi connectivity index (χ0) is 11.8. The number of nitrogens with zero attached hydrogens (tertiary/aromatic N) is 1. The van der Waals surface area contributed by atoms with Gasteiger partial charge in [-0.25, -0.2) is 0 Å². The summed E-state index contributed by atoms with van der Waals surface area (Å²) in [6, 6.07) is 10.4. The van der Waals surface area contributed by atoms with Gasteiger partial charge in [0.1, 0.15) is 7.11 Å². The molecule has 0 heterocycles. The molecular formula is C14H21NO. The van der Waals surface area contributed by atoms with E-state index in [0.717, 1.165) is 18.6 Å². The lowest BCUT2D eigenvalue weighted by molar-refractivity contribution is 0.210. The Kier molecular flexibility index (Phi) is 5.62. The maximum atomic E-state index is 4.93. The molecule has 0 aromatic heterocycles. The van der Waals surface area contributed by atoms with Crippen LogP contribution in [0.25, 0.3) is 0 Å². The molecule has 1 rings (SSSR count). The van der Waals surface area contributed by atoms with Crippen molar-refractivity contribution < 1.29 is 4.84 Å². The fourth-order valence-corrected chi connectivity index (χ4v) is 1.82. The summed E-state index contributed by atoms with van der Waals surface area (Å²) < 4.78 is 0. The highest BCUT2D eigenvalue weighted by molar-refractivity contribution is 5.88. The third-order valence-electron chi connectivity index (χ3n) is 2.73. The first-order valence-electron chi connectivity index (χ1n) is 5.91. The molecule has 0 amide bonds. The van der Waals surface area contributed by atoms with Crippen LogP contribution in [0.15, 0.2) is 35.5 Å². The Morgan fingerprint density at radius 1 is 1.31 bits per heavy atom. The molecule has 2 nitrogen and oxygen atoms in total. The van der Waals surface area contributed by atoms with Gasteiger partial charge in [-0.1, -0.05) is 55.8 Å². The third kappa shape index (κ3) is 4.05. The van der Waals surface area contributed by atoms with Crippen molar-refractivity contribution in [3.8, 4) is 0 Å². The molecule has 0 aliphatic rings. The minimum atomic E-state index is 0.491. The molecule has 1 aromatic carbocycles. The molecule has 0 aliphatic heterocycles. The van der Waals surface area contributed by atoms with Crippen LogP contribution in [-0.4, -0.2) is 12.8 Å². The molecule has 0 aliphatic carbocycles. The summed E-state index contributed by atoms with van der Waals surface area (Å²) >= 11 is 0. The minimum Gasteiger partial charge on any atom is -0.399 e. The molecule has 1 aromatic rings. The maximum absolute atomic E-state index is 4.93. The van der Waals surface area contributed by atoms with Crippen molar-refractivity contribution in [1.29, 1.82) is 0 Å². The van der Waals surface area contributed by atoms with Gasteiger partial charge < -0.3 is 4.84 Å². The number of rotatable bonds is 6. The van der Waals surface area contributed by atoms with Gasteiger partial charge in [-0.2, -0.15) is 0 Å². The molecule has 0 saturated heterocycles. The summed E-state index contributed by atoms with van der Waals surface area (Å²) in [6.07, 6.45) is 3.23. The van der Waals surface area contributed by atoms with Crippen molar-refractivity contribution in [2.24, 2.45) is 11.1 Å². The quantitative estimate of drug-likeness (QED) is 0.528. The highest BCUT2D eigenvalue weighted by Crippen LogP contribution is 2.12. The first-order valence-corrected chi connectivity index (χ1v) is 5.91. The Morgan fingerprint density at radius 2 is 2.00 bits per heavy atom. The summed E-state index contributed by atoms with van der Waals surface area (Å²) in [4.78, 5) is 4.93. The lowest BCUT2D eigenvalue weighted by Crippen LogP contribution is -2.14. The number of benzene rings is 1. The van der Waals surface area contributed by atoms with Crippen LogP contribution in [-0.2, 0) is 11.3 Å². The largest absolute Gasteiger partial charge is 0.399 e. The Balaban J connectivity index is 2.69. The van der Waals surface area contributed by atoms with Crippen molar-refractivity contribution in [2.45, 2.75) is 33.1 Å². The van der Waals surface area contributed by atoms with Gasteiger partial charge in [0.05, 0.1) is 5.71 Å². The second-order valence-corrected chi connectivity index (χ2v) is 4.12. The van der Waals surface area contributed by atoms with Crippen LogP contribution in [0.1, 0.15) is 32.3 Å². The summed E-state index contributed by atoms with van der Waals surface area (Å²) in [7, 11) is 1.61. The van der Waals surface area contributed by atoms with Crippen LogP contribution in [0, 0.1) is 5.92 Å². The lowest BCUT2D eigenvalue weighted by atomic mass is 9.95. The van der Waals surface area contributed by atoms with Gasteiger partial charge in [-0.15, -0.1) is 0 Å². The second-order valence-electron chi connectivity index (χ2n) is 4.12. The number of hydrogen-bond acceptors (Lipinski definition) is 2. The van der Waals surface area contributed by atoms with Gasteiger partial charge >= 0.3 is 0 Å². The van der Waals surface area contributed by atoms with E-state index in [1.165, 1.54) is 12.0 Å². The average Bonchev–Trinajstić information content (AvgIpc) is 2.30. The maximum Gasteiger partial charge on any atom is 0.106 e. The zero-order valence-electron chi connectivity index (χ0n) is 10.4. The third-order valence-corrected chi connectivity index (χ3v) is 2.73.